The molecule has 1 spiro atoms. The van der Waals surface area contributed by atoms with Crippen molar-refractivity contribution in [1.29, 1.82) is 0 Å². The van der Waals surface area contributed by atoms with Gasteiger partial charge in [-0.2, -0.15) is 0 Å². The summed E-state index contributed by atoms with van der Waals surface area (Å²) in [6.07, 6.45) is 10.9. The molecular weight excluding hydrogens is 312 g/mol. The molecule has 0 unspecified atom stereocenters. The molecule has 7 atom stereocenters. The van der Waals surface area contributed by atoms with E-state index in [1.165, 1.54) is 38.5 Å². The third kappa shape index (κ3) is 2.15. The van der Waals surface area contributed by atoms with Crippen LogP contribution >= 0.6 is 0 Å². The van der Waals surface area contributed by atoms with Crippen molar-refractivity contribution in [2.75, 3.05) is 13.2 Å². The quantitative estimate of drug-likeness (QED) is 0.699. The largest absolute Gasteiger partial charge is 0.390 e. The van der Waals surface area contributed by atoms with Crippen LogP contribution in [-0.4, -0.2) is 29.7 Å². The van der Waals surface area contributed by atoms with Gasteiger partial charge in [0, 0.05) is 12.8 Å². The molecule has 4 saturated carbocycles. The third-order valence-electron chi connectivity index (χ3n) is 10.0. The average molecular weight is 349 g/mol. The normalized spacial score (nSPS) is 57.1. The maximum Gasteiger partial charge on any atom is 0.168 e. The highest BCUT2D eigenvalue weighted by Crippen LogP contribution is 2.69. The van der Waals surface area contributed by atoms with Gasteiger partial charge >= 0.3 is 0 Å². The van der Waals surface area contributed by atoms with Crippen molar-refractivity contribution in [2.45, 2.75) is 89.9 Å². The minimum Gasteiger partial charge on any atom is -0.390 e. The van der Waals surface area contributed by atoms with E-state index < -0.39 is 5.60 Å². The van der Waals surface area contributed by atoms with Gasteiger partial charge in [0.2, 0.25) is 0 Å². The highest BCUT2D eigenvalue weighted by molar-refractivity contribution is 5.13. The SMILES string of the molecule is C[C@]12CCC3(C[C@H]1CC[C@H]1[C@H]2CC[C@@]2(C)[C@@H]1CC[C@@]2(C)O)OCCO3. The first kappa shape index (κ1) is 17.0. The van der Waals surface area contributed by atoms with E-state index in [1.807, 2.05) is 0 Å². The number of aliphatic hydroxyl groups is 1. The molecule has 1 N–H and O–H groups in total. The lowest BCUT2D eigenvalue weighted by Gasteiger charge is -2.62. The van der Waals surface area contributed by atoms with E-state index in [4.69, 9.17) is 9.47 Å². The number of rotatable bonds is 0. The summed E-state index contributed by atoms with van der Waals surface area (Å²) >= 11 is 0. The Morgan fingerprint density at radius 1 is 0.800 bits per heavy atom. The van der Waals surface area contributed by atoms with Crippen LogP contribution in [0.2, 0.25) is 0 Å². The van der Waals surface area contributed by atoms with Gasteiger partial charge in [-0.25, -0.2) is 0 Å². The Kier molecular flexibility index (Phi) is 3.56. The molecule has 1 saturated heterocycles. The molecule has 5 fully saturated rings. The van der Waals surface area contributed by atoms with E-state index in [0.29, 0.717) is 5.41 Å². The van der Waals surface area contributed by atoms with E-state index >= 15 is 0 Å². The molecule has 1 aliphatic heterocycles. The zero-order chi connectivity index (χ0) is 17.5. The van der Waals surface area contributed by atoms with Crippen LogP contribution in [0.5, 0.6) is 0 Å². The zero-order valence-electron chi connectivity index (χ0n) is 16.4. The van der Waals surface area contributed by atoms with Crippen molar-refractivity contribution in [2.24, 2.45) is 34.5 Å². The molecule has 0 aromatic heterocycles. The highest BCUT2D eigenvalue weighted by Gasteiger charge is 2.64. The van der Waals surface area contributed by atoms with Gasteiger partial charge in [0.1, 0.15) is 0 Å². The van der Waals surface area contributed by atoms with Gasteiger partial charge in [0.15, 0.2) is 5.79 Å². The van der Waals surface area contributed by atoms with Crippen molar-refractivity contribution in [3.8, 4) is 0 Å². The van der Waals surface area contributed by atoms with Crippen LogP contribution in [0.3, 0.4) is 0 Å². The smallest absolute Gasteiger partial charge is 0.168 e. The van der Waals surface area contributed by atoms with Crippen LogP contribution in [0.1, 0.15) is 78.6 Å². The predicted molar refractivity (Wildman–Crippen MR) is 97.0 cm³/mol. The molecule has 0 radical (unpaired) electrons. The summed E-state index contributed by atoms with van der Waals surface area (Å²) in [6.45, 7) is 8.66. The minimum absolute atomic E-state index is 0.144. The van der Waals surface area contributed by atoms with Crippen molar-refractivity contribution >= 4 is 0 Å². The predicted octanol–water partition coefficient (Wildman–Crippen LogP) is 4.52. The second-order valence-corrected chi connectivity index (χ2v) is 10.7. The van der Waals surface area contributed by atoms with E-state index in [-0.39, 0.29) is 11.2 Å². The standard InChI is InChI=1S/C22H36O3/c1-19-10-11-22(24-12-13-25-22)14-15(19)4-5-16-17(19)6-8-20(2)18(16)7-9-21(20,3)23/h15-18,23H,4-14H2,1-3H3/t15-,16+,17-,18-,19+,20+,21-/m1/s1. The second kappa shape index (κ2) is 5.23. The molecule has 5 rings (SSSR count). The van der Waals surface area contributed by atoms with Crippen molar-refractivity contribution in [3.63, 3.8) is 0 Å². The van der Waals surface area contributed by atoms with Crippen LogP contribution < -0.4 is 0 Å². The molecule has 25 heavy (non-hydrogen) atoms. The Balaban J connectivity index is 1.41. The van der Waals surface area contributed by atoms with Gasteiger partial charge in [-0.15, -0.1) is 0 Å². The first-order valence-electron chi connectivity index (χ1n) is 10.8. The number of fused-ring (bicyclic) bond motifs is 5. The molecule has 4 aliphatic carbocycles. The Morgan fingerprint density at radius 3 is 2.28 bits per heavy atom. The van der Waals surface area contributed by atoms with Crippen molar-refractivity contribution in [3.05, 3.63) is 0 Å². The molecule has 142 valence electrons. The first-order chi connectivity index (χ1) is 11.8. The fourth-order valence-electron chi connectivity index (χ4n) is 8.20. The zero-order valence-corrected chi connectivity index (χ0v) is 16.4. The molecule has 5 aliphatic rings. The van der Waals surface area contributed by atoms with Gasteiger partial charge in [-0.1, -0.05) is 13.8 Å². The summed E-state index contributed by atoms with van der Waals surface area (Å²) in [6, 6.07) is 0. The van der Waals surface area contributed by atoms with Crippen molar-refractivity contribution in [1.82, 2.24) is 0 Å². The fourth-order valence-corrected chi connectivity index (χ4v) is 8.20. The van der Waals surface area contributed by atoms with E-state index in [9.17, 15) is 5.11 Å². The Morgan fingerprint density at radius 2 is 1.52 bits per heavy atom. The second-order valence-electron chi connectivity index (χ2n) is 10.7. The van der Waals surface area contributed by atoms with Crippen LogP contribution in [0.25, 0.3) is 0 Å². The van der Waals surface area contributed by atoms with Gasteiger partial charge in [0.05, 0.1) is 18.8 Å². The molecule has 0 aromatic carbocycles. The van der Waals surface area contributed by atoms with Crippen LogP contribution in [0.4, 0.5) is 0 Å². The summed E-state index contributed by atoms with van der Waals surface area (Å²) in [5.74, 6) is 2.92. The minimum atomic E-state index is -0.456. The molecule has 3 heteroatoms. The van der Waals surface area contributed by atoms with Crippen LogP contribution in [0.15, 0.2) is 0 Å². The van der Waals surface area contributed by atoms with Crippen molar-refractivity contribution < 1.29 is 14.6 Å². The summed E-state index contributed by atoms with van der Waals surface area (Å²) in [5, 5.41) is 11.0. The summed E-state index contributed by atoms with van der Waals surface area (Å²) in [4.78, 5) is 0. The van der Waals surface area contributed by atoms with Gasteiger partial charge in [-0.3, -0.25) is 0 Å². The Bertz CT molecular complexity index is 551. The Hall–Kier alpha value is -0.120. The van der Waals surface area contributed by atoms with Crippen LogP contribution in [0, 0.1) is 34.5 Å². The maximum absolute atomic E-state index is 11.0. The molecule has 0 bridgehead atoms. The molecule has 0 amide bonds. The first-order valence-corrected chi connectivity index (χ1v) is 10.8. The maximum atomic E-state index is 11.0. The number of hydrogen-bond acceptors (Lipinski definition) is 3. The Labute approximate surface area is 152 Å². The molecule has 1 heterocycles. The summed E-state index contributed by atoms with van der Waals surface area (Å²) < 4.78 is 12.1. The van der Waals surface area contributed by atoms with E-state index in [2.05, 4.69) is 20.8 Å². The summed E-state index contributed by atoms with van der Waals surface area (Å²) in [7, 11) is 0. The van der Waals surface area contributed by atoms with Gasteiger partial charge in [-0.05, 0) is 86.4 Å². The lowest BCUT2D eigenvalue weighted by atomic mass is 9.44. The lowest BCUT2D eigenvalue weighted by molar-refractivity contribution is -0.232. The average Bonchev–Trinajstić information content (AvgIpc) is 3.11. The third-order valence-corrected chi connectivity index (χ3v) is 10.0. The monoisotopic (exact) mass is 348 g/mol. The van der Waals surface area contributed by atoms with Gasteiger partial charge < -0.3 is 14.6 Å². The van der Waals surface area contributed by atoms with Crippen LogP contribution in [-0.2, 0) is 9.47 Å². The molecular formula is C22H36O3. The van der Waals surface area contributed by atoms with E-state index in [1.54, 1.807) is 0 Å². The van der Waals surface area contributed by atoms with E-state index in [0.717, 1.165) is 56.1 Å². The molecule has 0 aromatic rings. The highest BCUT2D eigenvalue weighted by atomic mass is 16.7. The summed E-state index contributed by atoms with van der Waals surface area (Å²) in [5.41, 5.74) is 0.146. The number of hydrogen-bond donors (Lipinski definition) is 1. The van der Waals surface area contributed by atoms with Gasteiger partial charge in [0.25, 0.3) is 0 Å². The topological polar surface area (TPSA) is 38.7 Å². The lowest BCUT2D eigenvalue weighted by Crippen LogP contribution is -2.57. The molecule has 3 nitrogen and oxygen atoms in total. The number of ether oxygens (including phenoxy) is 2. The fraction of sp³-hybridized carbons (Fsp3) is 1.00.